The molecule has 3 nitrogen and oxygen atoms in total. The van der Waals surface area contributed by atoms with Crippen LogP contribution in [0.25, 0.3) is 5.69 Å². The minimum absolute atomic E-state index is 0.0542. The zero-order chi connectivity index (χ0) is 9.97. The van der Waals surface area contributed by atoms with Crippen LogP contribution in [0.4, 0.5) is 0 Å². The van der Waals surface area contributed by atoms with Gasteiger partial charge in [-0.25, -0.2) is 4.98 Å². The van der Waals surface area contributed by atoms with Gasteiger partial charge in [0.2, 0.25) is 0 Å². The van der Waals surface area contributed by atoms with E-state index in [4.69, 9.17) is 16.7 Å². The highest BCUT2D eigenvalue weighted by molar-refractivity contribution is 6.31. The number of aromatic nitrogens is 2. The van der Waals surface area contributed by atoms with E-state index in [1.54, 1.807) is 18.6 Å². The van der Waals surface area contributed by atoms with Gasteiger partial charge in [0.05, 0.1) is 12.9 Å². The first-order valence-corrected chi connectivity index (χ1v) is 4.56. The first-order chi connectivity index (χ1) is 6.81. The van der Waals surface area contributed by atoms with E-state index in [2.05, 4.69) is 4.98 Å². The highest BCUT2D eigenvalue weighted by atomic mass is 35.5. The summed E-state index contributed by atoms with van der Waals surface area (Å²) in [6.45, 7) is -0.0542. The van der Waals surface area contributed by atoms with Crippen molar-refractivity contribution in [2.75, 3.05) is 0 Å². The summed E-state index contributed by atoms with van der Waals surface area (Å²) in [6.07, 6.45) is 5.24. The first-order valence-electron chi connectivity index (χ1n) is 4.19. The van der Waals surface area contributed by atoms with Crippen molar-refractivity contribution in [1.82, 2.24) is 9.55 Å². The van der Waals surface area contributed by atoms with E-state index >= 15 is 0 Å². The molecule has 14 heavy (non-hydrogen) atoms. The average Bonchev–Trinajstić information content (AvgIpc) is 2.71. The molecule has 0 radical (unpaired) electrons. The molecule has 1 aromatic heterocycles. The van der Waals surface area contributed by atoms with Gasteiger partial charge in [0.15, 0.2) is 0 Å². The average molecular weight is 209 g/mol. The third-order valence-electron chi connectivity index (χ3n) is 2.00. The molecule has 1 aromatic carbocycles. The Balaban J connectivity index is 2.46. The largest absolute Gasteiger partial charge is 0.392 e. The summed E-state index contributed by atoms with van der Waals surface area (Å²) in [5.41, 5.74) is 1.66. The van der Waals surface area contributed by atoms with E-state index in [9.17, 15) is 0 Å². The van der Waals surface area contributed by atoms with Crippen LogP contribution in [0.5, 0.6) is 0 Å². The molecule has 0 saturated heterocycles. The SMILES string of the molecule is OCc1cc(-n2ccnc2)ccc1Cl. The number of imidazole rings is 1. The van der Waals surface area contributed by atoms with E-state index < -0.39 is 0 Å². The second-order valence-electron chi connectivity index (χ2n) is 2.90. The fraction of sp³-hybridized carbons (Fsp3) is 0.100. The van der Waals surface area contributed by atoms with Gasteiger partial charge in [0.1, 0.15) is 0 Å². The predicted molar refractivity (Wildman–Crippen MR) is 54.5 cm³/mol. The van der Waals surface area contributed by atoms with Gasteiger partial charge in [0.25, 0.3) is 0 Å². The molecular formula is C10H9ClN2O. The molecule has 2 aromatic rings. The highest BCUT2D eigenvalue weighted by Crippen LogP contribution is 2.19. The van der Waals surface area contributed by atoms with Crippen molar-refractivity contribution < 1.29 is 5.11 Å². The van der Waals surface area contributed by atoms with Crippen molar-refractivity contribution in [2.24, 2.45) is 0 Å². The number of benzene rings is 1. The van der Waals surface area contributed by atoms with Gasteiger partial charge in [-0.15, -0.1) is 0 Å². The van der Waals surface area contributed by atoms with Crippen molar-refractivity contribution in [2.45, 2.75) is 6.61 Å². The van der Waals surface area contributed by atoms with Crippen LogP contribution in [0.2, 0.25) is 5.02 Å². The van der Waals surface area contributed by atoms with Crippen LogP contribution in [0.1, 0.15) is 5.56 Å². The zero-order valence-corrected chi connectivity index (χ0v) is 8.15. The van der Waals surface area contributed by atoms with E-state index in [0.717, 1.165) is 11.3 Å². The Morgan fingerprint density at radius 3 is 2.93 bits per heavy atom. The summed E-state index contributed by atoms with van der Waals surface area (Å²) in [5, 5.41) is 9.61. The summed E-state index contributed by atoms with van der Waals surface area (Å²) >= 11 is 5.87. The lowest BCUT2D eigenvalue weighted by Gasteiger charge is -2.05. The molecule has 2 rings (SSSR count). The standard InChI is InChI=1S/C10H9ClN2O/c11-10-2-1-9(5-8(10)6-14)13-4-3-12-7-13/h1-5,7,14H,6H2. The molecule has 0 saturated carbocycles. The van der Waals surface area contributed by atoms with Crippen LogP contribution in [-0.4, -0.2) is 14.7 Å². The normalized spacial score (nSPS) is 10.4. The fourth-order valence-corrected chi connectivity index (χ4v) is 1.43. The fourth-order valence-electron chi connectivity index (χ4n) is 1.25. The lowest BCUT2D eigenvalue weighted by Crippen LogP contribution is -1.93. The molecule has 0 aliphatic carbocycles. The first kappa shape index (κ1) is 9.24. The lowest BCUT2D eigenvalue weighted by atomic mass is 10.2. The number of aliphatic hydroxyl groups is 1. The Labute approximate surface area is 86.6 Å². The molecule has 0 bridgehead atoms. The second kappa shape index (κ2) is 3.82. The summed E-state index contributed by atoms with van der Waals surface area (Å²) in [5.74, 6) is 0. The minimum atomic E-state index is -0.0542. The van der Waals surface area contributed by atoms with Crippen LogP contribution >= 0.6 is 11.6 Å². The molecule has 0 aliphatic rings. The van der Waals surface area contributed by atoms with E-state index in [-0.39, 0.29) is 6.61 Å². The maximum Gasteiger partial charge on any atom is 0.0991 e. The quantitative estimate of drug-likeness (QED) is 0.820. The molecule has 72 valence electrons. The van der Waals surface area contributed by atoms with Gasteiger partial charge < -0.3 is 9.67 Å². The van der Waals surface area contributed by atoms with Crippen LogP contribution in [0.3, 0.4) is 0 Å². The highest BCUT2D eigenvalue weighted by Gasteiger charge is 2.01. The van der Waals surface area contributed by atoms with Crippen molar-refractivity contribution in [1.29, 1.82) is 0 Å². The summed E-state index contributed by atoms with van der Waals surface area (Å²) in [7, 11) is 0. The maximum absolute atomic E-state index is 9.03. The molecule has 1 heterocycles. The smallest absolute Gasteiger partial charge is 0.0991 e. The van der Waals surface area contributed by atoms with Crippen LogP contribution in [0, 0.1) is 0 Å². The number of hydrogen-bond acceptors (Lipinski definition) is 2. The van der Waals surface area contributed by atoms with Crippen molar-refractivity contribution >= 4 is 11.6 Å². The minimum Gasteiger partial charge on any atom is -0.392 e. The van der Waals surface area contributed by atoms with Crippen LogP contribution in [-0.2, 0) is 6.61 Å². The summed E-state index contributed by atoms with van der Waals surface area (Å²) in [6, 6.07) is 5.48. The molecule has 1 N–H and O–H groups in total. The van der Waals surface area contributed by atoms with E-state index in [1.165, 1.54) is 0 Å². The Kier molecular flexibility index (Phi) is 2.52. The lowest BCUT2D eigenvalue weighted by molar-refractivity contribution is 0.282. The van der Waals surface area contributed by atoms with Gasteiger partial charge in [-0.05, 0) is 23.8 Å². The molecule has 0 amide bonds. The molecule has 0 unspecified atom stereocenters. The van der Waals surface area contributed by atoms with Crippen LogP contribution in [0.15, 0.2) is 36.9 Å². The third-order valence-corrected chi connectivity index (χ3v) is 2.37. The second-order valence-corrected chi connectivity index (χ2v) is 3.31. The third kappa shape index (κ3) is 1.64. The van der Waals surface area contributed by atoms with Gasteiger partial charge >= 0.3 is 0 Å². The molecule has 0 atom stereocenters. The zero-order valence-electron chi connectivity index (χ0n) is 7.39. The Bertz CT molecular complexity index is 426. The predicted octanol–water partition coefficient (Wildman–Crippen LogP) is 2.02. The Hall–Kier alpha value is -1.32. The van der Waals surface area contributed by atoms with Crippen LogP contribution < -0.4 is 0 Å². The van der Waals surface area contributed by atoms with Gasteiger partial charge in [0, 0.05) is 23.1 Å². The maximum atomic E-state index is 9.03. The number of aliphatic hydroxyl groups excluding tert-OH is 1. The molecule has 0 spiro atoms. The molecule has 0 aliphatic heterocycles. The van der Waals surface area contributed by atoms with Gasteiger partial charge in [-0.1, -0.05) is 11.6 Å². The van der Waals surface area contributed by atoms with Gasteiger partial charge in [-0.2, -0.15) is 0 Å². The van der Waals surface area contributed by atoms with E-state index in [1.807, 2.05) is 22.9 Å². The van der Waals surface area contributed by atoms with Crippen molar-refractivity contribution in [3.05, 3.63) is 47.5 Å². The Morgan fingerprint density at radius 1 is 1.43 bits per heavy atom. The Morgan fingerprint density at radius 2 is 2.29 bits per heavy atom. The number of nitrogens with zero attached hydrogens (tertiary/aromatic N) is 2. The number of rotatable bonds is 2. The number of halogens is 1. The van der Waals surface area contributed by atoms with Gasteiger partial charge in [-0.3, -0.25) is 0 Å². The monoisotopic (exact) mass is 208 g/mol. The van der Waals surface area contributed by atoms with Crippen molar-refractivity contribution in [3.8, 4) is 5.69 Å². The molecule has 4 heteroatoms. The number of hydrogen-bond donors (Lipinski definition) is 1. The summed E-state index contributed by atoms with van der Waals surface area (Å²) < 4.78 is 1.86. The topological polar surface area (TPSA) is 38.0 Å². The van der Waals surface area contributed by atoms with Crippen molar-refractivity contribution in [3.63, 3.8) is 0 Å². The van der Waals surface area contributed by atoms with E-state index in [0.29, 0.717) is 5.02 Å². The molecular weight excluding hydrogens is 200 g/mol. The molecule has 0 fully saturated rings. The summed E-state index contributed by atoms with van der Waals surface area (Å²) in [4.78, 5) is 3.94.